The number of amides is 1. The first-order valence-corrected chi connectivity index (χ1v) is 9.13. The lowest BCUT2D eigenvalue weighted by molar-refractivity contribution is 0.0636. The van der Waals surface area contributed by atoms with Crippen LogP contribution in [0.1, 0.15) is 33.6 Å². The molecule has 1 saturated heterocycles. The molecule has 0 bridgehead atoms. The van der Waals surface area contributed by atoms with Gasteiger partial charge in [-0.15, -0.1) is 0 Å². The number of hydrogen-bond acceptors (Lipinski definition) is 4. The second-order valence-electron chi connectivity index (χ2n) is 6.59. The van der Waals surface area contributed by atoms with Crippen LogP contribution in [0.3, 0.4) is 0 Å². The Kier molecular flexibility index (Phi) is 5.62. The second kappa shape index (κ2) is 7.29. The Hall–Kier alpha value is -1.63. The summed E-state index contributed by atoms with van der Waals surface area (Å²) in [5, 5.41) is 5.72. The van der Waals surface area contributed by atoms with Crippen LogP contribution in [0.5, 0.6) is 0 Å². The maximum atomic E-state index is 13.9. The first-order chi connectivity index (χ1) is 10.7. The predicted octanol–water partition coefficient (Wildman–Crippen LogP) is 3.50. The summed E-state index contributed by atoms with van der Waals surface area (Å²) in [7, 11) is -0.754. The molecule has 23 heavy (non-hydrogen) atoms. The lowest BCUT2D eigenvalue weighted by Crippen LogP contribution is -2.30. The number of anilines is 2. The van der Waals surface area contributed by atoms with Gasteiger partial charge in [-0.25, -0.2) is 9.18 Å². The highest BCUT2D eigenvalue weighted by molar-refractivity contribution is 7.85. The molecular weight excluding hydrogens is 319 g/mol. The normalized spacial score (nSPS) is 21.6. The topological polar surface area (TPSA) is 67.4 Å². The number of carbonyl (C=O) groups is 1. The molecule has 1 heterocycles. The van der Waals surface area contributed by atoms with E-state index in [1.807, 2.05) is 0 Å². The van der Waals surface area contributed by atoms with Crippen molar-refractivity contribution < 1.29 is 18.1 Å². The average Bonchev–Trinajstić information content (AvgIpc) is 2.43. The third-order valence-corrected chi connectivity index (χ3v) is 4.74. The van der Waals surface area contributed by atoms with Gasteiger partial charge in [-0.3, -0.25) is 9.53 Å². The van der Waals surface area contributed by atoms with Crippen LogP contribution in [0, 0.1) is 5.82 Å². The molecular formula is C16H23FN2O3S. The highest BCUT2D eigenvalue weighted by Crippen LogP contribution is 2.23. The summed E-state index contributed by atoms with van der Waals surface area (Å²) >= 11 is 0. The van der Waals surface area contributed by atoms with Crippen LogP contribution < -0.4 is 10.6 Å². The summed E-state index contributed by atoms with van der Waals surface area (Å²) in [6.45, 7) is 5.33. The molecule has 0 aromatic heterocycles. The Labute approximate surface area is 138 Å². The van der Waals surface area contributed by atoms with Gasteiger partial charge in [0.1, 0.15) is 11.4 Å². The Balaban J connectivity index is 2.01. The Morgan fingerprint density at radius 1 is 1.30 bits per heavy atom. The monoisotopic (exact) mass is 342 g/mol. The van der Waals surface area contributed by atoms with Gasteiger partial charge >= 0.3 is 6.09 Å². The largest absolute Gasteiger partial charge is 0.444 e. The molecule has 5 nitrogen and oxygen atoms in total. The molecule has 7 heteroatoms. The molecule has 0 spiro atoms. The Morgan fingerprint density at radius 2 is 1.96 bits per heavy atom. The minimum Gasteiger partial charge on any atom is -0.444 e. The molecule has 0 radical (unpaired) electrons. The summed E-state index contributed by atoms with van der Waals surface area (Å²) in [6.07, 6.45) is 0.911. The number of benzene rings is 1. The van der Waals surface area contributed by atoms with Crippen molar-refractivity contribution in [1.29, 1.82) is 0 Å². The van der Waals surface area contributed by atoms with Gasteiger partial charge in [-0.2, -0.15) is 0 Å². The summed E-state index contributed by atoms with van der Waals surface area (Å²) in [6, 6.07) is 4.43. The lowest BCUT2D eigenvalue weighted by Gasteiger charge is -2.24. The lowest BCUT2D eigenvalue weighted by atomic mass is 10.1. The van der Waals surface area contributed by atoms with Crippen molar-refractivity contribution in [2.75, 3.05) is 22.1 Å². The van der Waals surface area contributed by atoms with E-state index in [0.29, 0.717) is 22.9 Å². The maximum Gasteiger partial charge on any atom is 0.412 e. The van der Waals surface area contributed by atoms with Crippen LogP contribution in [-0.2, 0) is 15.5 Å². The van der Waals surface area contributed by atoms with Gasteiger partial charge < -0.3 is 10.1 Å². The number of ether oxygens (including phenoxy) is 1. The average molecular weight is 342 g/mol. The fourth-order valence-electron chi connectivity index (χ4n) is 2.29. The first kappa shape index (κ1) is 17.7. The van der Waals surface area contributed by atoms with Gasteiger partial charge in [0.05, 0.1) is 5.69 Å². The van der Waals surface area contributed by atoms with E-state index in [2.05, 4.69) is 10.6 Å². The van der Waals surface area contributed by atoms with Gasteiger partial charge in [0.15, 0.2) is 0 Å². The molecule has 0 aliphatic carbocycles. The maximum absolute atomic E-state index is 13.9. The molecule has 1 amide bonds. The van der Waals surface area contributed by atoms with Crippen molar-refractivity contribution in [1.82, 2.24) is 0 Å². The number of nitrogens with one attached hydrogen (secondary N) is 2. The van der Waals surface area contributed by atoms with Gasteiger partial charge in [0.25, 0.3) is 0 Å². The van der Waals surface area contributed by atoms with Gasteiger partial charge in [0, 0.05) is 34.0 Å². The van der Waals surface area contributed by atoms with Crippen molar-refractivity contribution in [3.05, 3.63) is 24.0 Å². The van der Waals surface area contributed by atoms with Crippen LogP contribution in [-0.4, -0.2) is 33.5 Å². The zero-order valence-corrected chi connectivity index (χ0v) is 14.5. The molecule has 1 aromatic rings. The van der Waals surface area contributed by atoms with E-state index < -0.39 is 22.5 Å². The van der Waals surface area contributed by atoms with E-state index >= 15 is 0 Å². The van der Waals surface area contributed by atoms with E-state index in [4.69, 9.17) is 4.74 Å². The highest BCUT2D eigenvalue weighted by atomic mass is 32.2. The number of halogens is 1. The van der Waals surface area contributed by atoms with Gasteiger partial charge in [-0.05, 0) is 51.8 Å². The van der Waals surface area contributed by atoms with Crippen molar-refractivity contribution >= 4 is 28.3 Å². The zero-order chi connectivity index (χ0) is 17.0. The minimum absolute atomic E-state index is 0.0963. The second-order valence-corrected chi connectivity index (χ2v) is 8.28. The van der Waals surface area contributed by atoms with E-state index in [1.54, 1.807) is 26.8 Å². The van der Waals surface area contributed by atoms with E-state index in [9.17, 15) is 13.4 Å². The first-order valence-electron chi connectivity index (χ1n) is 7.64. The van der Waals surface area contributed by atoms with Crippen molar-refractivity contribution in [3.8, 4) is 0 Å². The molecule has 2 N–H and O–H groups in total. The van der Waals surface area contributed by atoms with Crippen LogP contribution in [0.25, 0.3) is 0 Å². The van der Waals surface area contributed by atoms with Gasteiger partial charge in [0.2, 0.25) is 0 Å². The highest BCUT2D eigenvalue weighted by Gasteiger charge is 2.20. The summed E-state index contributed by atoms with van der Waals surface area (Å²) in [5.41, 5.74) is 0.196. The summed E-state index contributed by atoms with van der Waals surface area (Å²) < 4.78 is 30.5. The molecule has 1 fully saturated rings. The number of hydrogen-bond donors (Lipinski definition) is 2. The molecule has 0 unspecified atom stereocenters. The predicted molar refractivity (Wildman–Crippen MR) is 90.8 cm³/mol. The fraction of sp³-hybridized carbons (Fsp3) is 0.562. The standard InChI is InChI=1S/C16H23FN2O3S/c1-16(2,3)22-15(20)19-12-4-5-13(17)14(10-12)18-11-6-8-23(21)9-7-11/h4-5,10-11,18H,6-9H2,1-3H3,(H,19,20). The number of carbonyl (C=O) groups excluding carboxylic acids is 1. The summed E-state index contributed by atoms with van der Waals surface area (Å²) in [4.78, 5) is 11.8. The van der Waals surface area contributed by atoms with E-state index in [-0.39, 0.29) is 11.9 Å². The third kappa shape index (κ3) is 5.82. The zero-order valence-electron chi connectivity index (χ0n) is 13.6. The fourth-order valence-corrected chi connectivity index (χ4v) is 3.59. The molecule has 0 saturated carbocycles. The van der Waals surface area contributed by atoms with Crippen LogP contribution in [0.15, 0.2) is 18.2 Å². The molecule has 1 aromatic carbocycles. The smallest absolute Gasteiger partial charge is 0.412 e. The van der Waals surface area contributed by atoms with Crippen molar-refractivity contribution in [3.63, 3.8) is 0 Å². The van der Waals surface area contributed by atoms with E-state index in [1.165, 1.54) is 12.1 Å². The van der Waals surface area contributed by atoms with Crippen LogP contribution in [0.4, 0.5) is 20.6 Å². The Bertz CT molecular complexity index is 591. The molecule has 1 aliphatic heterocycles. The molecule has 1 aliphatic rings. The van der Waals surface area contributed by atoms with Crippen molar-refractivity contribution in [2.45, 2.75) is 45.3 Å². The minimum atomic E-state index is -0.754. The van der Waals surface area contributed by atoms with Crippen LogP contribution >= 0.6 is 0 Å². The summed E-state index contributed by atoms with van der Waals surface area (Å²) in [5.74, 6) is 0.885. The van der Waals surface area contributed by atoms with Gasteiger partial charge in [-0.1, -0.05) is 0 Å². The SMILES string of the molecule is CC(C)(C)OC(=O)Nc1ccc(F)c(NC2CCS(=O)CC2)c1. The quantitative estimate of drug-likeness (QED) is 0.882. The third-order valence-electron chi connectivity index (χ3n) is 3.36. The molecule has 0 atom stereocenters. The Morgan fingerprint density at radius 3 is 2.57 bits per heavy atom. The van der Waals surface area contributed by atoms with Crippen molar-refractivity contribution in [2.24, 2.45) is 0 Å². The molecule has 128 valence electrons. The number of rotatable bonds is 3. The van der Waals surface area contributed by atoms with Crippen LogP contribution in [0.2, 0.25) is 0 Å². The van der Waals surface area contributed by atoms with E-state index in [0.717, 1.165) is 12.8 Å². The molecule has 2 rings (SSSR count).